The third-order valence-corrected chi connectivity index (χ3v) is 3.49. The lowest BCUT2D eigenvalue weighted by Gasteiger charge is -2.25. The topological polar surface area (TPSA) is 75.6 Å². The number of rotatable bonds is 7. The molecule has 2 aromatic rings. The van der Waals surface area contributed by atoms with Gasteiger partial charge in [0.05, 0.1) is 0 Å². The van der Waals surface area contributed by atoms with E-state index in [0.717, 1.165) is 0 Å². The van der Waals surface area contributed by atoms with E-state index < -0.39 is 11.5 Å². The smallest absolute Gasteiger partial charge is 0.303 e. The van der Waals surface area contributed by atoms with E-state index in [1.807, 2.05) is 30.3 Å². The van der Waals surface area contributed by atoms with Crippen LogP contribution >= 0.6 is 0 Å². The minimum Gasteiger partial charge on any atom is -0.481 e. The zero-order valence-electron chi connectivity index (χ0n) is 13.8. The maximum atomic E-state index is 12.4. The minimum atomic E-state index is -0.879. The first-order valence-corrected chi connectivity index (χ1v) is 7.73. The fourth-order valence-electron chi connectivity index (χ4n) is 2.19. The fraction of sp³-hybridized carbons (Fsp3) is 0.263. The Morgan fingerprint density at radius 3 is 2.38 bits per heavy atom. The van der Waals surface area contributed by atoms with Gasteiger partial charge in [-0.25, -0.2) is 0 Å². The van der Waals surface area contributed by atoms with Gasteiger partial charge in [-0.05, 0) is 50.6 Å². The second-order valence-electron chi connectivity index (χ2n) is 6.17. The Morgan fingerprint density at radius 1 is 1.04 bits per heavy atom. The van der Waals surface area contributed by atoms with Crippen molar-refractivity contribution in [2.45, 2.75) is 32.2 Å². The number of carboxylic acids is 1. The van der Waals surface area contributed by atoms with E-state index in [1.54, 1.807) is 38.1 Å². The van der Waals surface area contributed by atoms with Crippen molar-refractivity contribution in [2.24, 2.45) is 0 Å². The molecule has 0 aliphatic heterocycles. The quantitative estimate of drug-likeness (QED) is 0.810. The Balaban J connectivity index is 2.04. The average Bonchev–Trinajstić information content (AvgIpc) is 2.54. The van der Waals surface area contributed by atoms with Crippen molar-refractivity contribution in [2.75, 3.05) is 0 Å². The monoisotopic (exact) mass is 327 g/mol. The Bertz CT molecular complexity index is 710. The third-order valence-electron chi connectivity index (χ3n) is 3.49. The first-order chi connectivity index (χ1) is 11.4. The van der Waals surface area contributed by atoms with E-state index >= 15 is 0 Å². The van der Waals surface area contributed by atoms with E-state index in [4.69, 9.17) is 9.84 Å². The van der Waals surface area contributed by atoms with Crippen LogP contribution in [-0.2, 0) is 4.79 Å². The Hall–Kier alpha value is -2.82. The van der Waals surface area contributed by atoms with Crippen LogP contribution in [0.4, 0.5) is 0 Å². The molecule has 126 valence electrons. The second-order valence-corrected chi connectivity index (χ2v) is 6.17. The molecular formula is C19H21NO4. The summed E-state index contributed by atoms with van der Waals surface area (Å²) < 4.78 is 5.72. The molecule has 0 saturated heterocycles. The van der Waals surface area contributed by atoms with Crippen molar-refractivity contribution in [3.63, 3.8) is 0 Å². The van der Waals surface area contributed by atoms with Crippen LogP contribution in [0, 0.1) is 0 Å². The summed E-state index contributed by atoms with van der Waals surface area (Å²) >= 11 is 0. The molecule has 0 aliphatic carbocycles. The summed E-state index contributed by atoms with van der Waals surface area (Å²) in [6.07, 6.45) is 0.360. The molecule has 2 N–H and O–H groups in total. The molecule has 0 heterocycles. The lowest BCUT2D eigenvalue weighted by Crippen LogP contribution is -2.43. The van der Waals surface area contributed by atoms with Gasteiger partial charge in [0.2, 0.25) is 0 Å². The van der Waals surface area contributed by atoms with E-state index in [0.29, 0.717) is 23.5 Å². The third kappa shape index (κ3) is 5.43. The van der Waals surface area contributed by atoms with Crippen molar-refractivity contribution in [3.8, 4) is 11.5 Å². The average molecular weight is 327 g/mol. The highest BCUT2D eigenvalue weighted by atomic mass is 16.5. The van der Waals surface area contributed by atoms with Gasteiger partial charge in [0.25, 0.3) is 5.91 Å². The number of carboxylic acid groups (broad SMARTS) is 1. The van der Waals surface area contributed by atoms with Gasteiger partial charge in [-0.1, -0.05) is 24.3 Å². The van der Waals surface area contributed by atoms with Gasteiger partial charge in [-0.3, -0.25) is 9.59 Å². The Morgan fingerprint density at radius 2 is 1.71 bits per heavy atom. The van der Waals surface area contributed by atoms with Crippen molar-refractivity contribution >= 4 is 11.9 Å². The van der Waals surface area contributed by atoms with Crippen LogP contribution in [0.25, 0.3) is 0 Å². The number of aliphatic carboxylic acids is 1. The first-order valence-electron chi connectivity index (χ1n) is 7.73. The summed E-state index contributed by atoms with van der Waals surface area (Å²) in [7, 11) is 0. The number of carbonyl (C=O) groups is 2. The number of benzene rings is 2. The van der Waals surface area contributed by atoms with Crippen molar-refractivity contribution in [1.29, 1.82) is 0 Å². The van der Waals surface area contributed by atoms with Gasteiger partial charge in [-0.15, -0.1) is 0 Å². The molecule has 0 radical (unpaired) electrons. The van der Waals surface area contributed by atoms with Gasteiger partial charge in [0.15, 0.2) is 0 Å². The summed E-state index contributed by atoms with van der Waals surface area (Å²) in [5.74, 6) is 0.119. The molecule has 1 amide bonds. The fourth-order valence-corrected chi connectivity index (χ4v) is 2.19. The zero-order chi connectivity index (χ0) is 17.6. The summed E-state index contributed by atoms with van der Waals surface area (Å²) in [5.41, 5.74) is -0.141. The van der Waals surface area contributed by atoms with Crippen molar-refractivity contribution in [1.82, 2.24) is 5.32 Å². The second kappa shape index (κ2) is 7.64. The maximum absolute atomic E-state index is 12.4. The molecule has 24 heavy (non-hydrogen) atoms. The molecule has 0 fully saturated rings. The van der Waals surface area contributed by atoms with Crippen LogP contribution in [0.1, 0.15) is 37.0 Å². The number of hydrogen-bond donors (Lipinski definition) is 2. The largest absolute Gasteiger partial charge is 0.481 e. The number of hydrogen-bond acceptors (Lipinski definition) is 3. The number of carbonyl (C=O) groups excluding carboxylic acids is 1. The summed E-state index contributed by atoms with van der Waals surface area (Å²) in [6.45, 7) is 3.61. The molecule has 5 nitrogen and oxygen atoms in total. The molecule has 2 rings (SSSR count). The van der Waals surface area contributed by atoms with Crippen LogP contribution in [0.5, 0.6) is 11.5 Å². The summed E-state index contributed by atoms with van der Waals surface area (Å²) in [6, 6.07) is 16.2. The van der Waals surface area contributed by atoms with Gasteiger partial charge >= 0.3 is 5.97 Å². The minimum absolute atomic E-state index is 0.00440. The number of nitrogens with one attached hydrogen (secondary N) is 1. The predicted octanol–water partition coefficient (Wildman–Crippen LogP) is 3.85. The molecule has 0 unspecified atom stereocenters. The van der Waals surface area contributed by atoms with Crippen LogP contribution in [0.3, 0.4) is 0 Å². The molecule has 0 aliphatic rings. The Labute approximate surface area is 141 Å². The van der Waals surface area contributed by atoms with Crippen LogP contribution in [0.15, 0.2) is 54.6 Å². The van der Waals surface area contributed by atoms with Crippen LogP contribution in [0.2, 0.25) is 0 Å². The van der Waals surface area contributed by atoms with Crippen LogP contribution in [-0.4, -0.2) is 22.5 Å². The molecule has 0 atom stereocenters. The highest BCUT2D eigenvalue weighted by molar-refractivity contribution is 5.95. The van der Waals surface area contributed by atoms with Crippen molar-refractivity contribution < 1.29 is 19.4 Å². The lowest BCUT2D eigenvalue weighted by atomic mass is 9.97. The first kappa shape index (κ1) is 17.5. The highest BCUT2D eigenvalue weighted by Gasteiger charge is 2.22. The molecule has 0 spiro atoms. The molecule has 5 heteroatoms. The zero-order valence-corrected chi connectivity index (χ0v) is 13.8. The lowest BCUT2D eigenvalue weighted by molar-refractivity contribution is -0.137. The van der Waals surface area contributed by atoms with E-state index in [2.05, 4.69) is 5.32 Å². The van der Waals surface area contributed by atoms with Gasteiger partial charge in [0, 0.05) is 17.5 Å². The van der Waals surface area contributed by atoms with Gasteiger partial charge in [0.1, 0.15) is 11.5 Å². The van der Waals surface area contributed by atoms with Crippen LogP contribution < -0.4 is 10.1 Å². The molecule has 0 saturated carbocycles. The SMILES string of the molecule is CC(C)(CCC(=O)O)NC(=O)c1cccc(Oc2ccccc2)c1. The van der Waals surface area contributed by atoms with Gasteiger partial charge in [-0.2, -0.15) is 0 Å². The normalized spacial score (nSPS) is 10.9. The standard InChI is InChI=1S/C19H21NO4/c1-19(2,12-11-17(21)22)20-18(23)14-7-6-10-16(13-14)24-15-8-4-3-5-9-15/h3-10,13H,11-12H2,1-2H3,(H,20,23)(H,21,22). The molecule has 0 bridgehead atoms. The summed E-state index contributed by atoms with van der Waals surface area (Å²) in [5, 5.41) is 11.6. The number of ether oxygens (including phenoxy) is 1. The summed E-state index contributed by atoms with van der Waals surface area (Å²) in [4.78, 5) is 23.1. The molecule has 0 aromatic heterocycles. The van der Waals surface area contributed by atoms with E-state index in [-0.39, 0.29) is 12.3 Å². The Kier molecular flexibility index (Phi) is 5.58. The number of para-hydroxylation sites is 1. The van der Waals surface area contributed by atoms with Gasteiger partial charge < -0.3 is 15.2 Å². The molecular weight excluding hydrogens is 306 g/mol. The van der Waals surface area contributed by atoms with E-state index in [1.165, 1.54) is 0 Å². The maximum Gasteiger partial charge on any atom is 0.303 e. The highest BCUT2D eigenvalue weighted by Crippen LogP contribution is 2.22. The number of amides is 1. The van der Waals surface area contributed by atoms with E-state index in [9.17, 15) is 9.59 Å². The van der Waals surface area contributed by atoms with Crippen molar-refractivity contribution in [3.05, 3.63) is 60.2 Å². The molecule has 2 aromatic carbocycles. The predicted molar refractivity (Wildman–Crippen MR) is 91.4 cm³/mol.